The number of aryl methyl sites for hydroxylation is 1. The van der Waals surface area contributed by atoms with Crippen LogP contribution in [-0.4, -0.2) is 21.8 Å². The third kappa shape index (κ3) is 1.57. The molecule has 0 atom stereocenters. The zero-order valence-corrected chi connectivity index (χ0v) is 9.83. The van der Waals surface area contributed by atoms with Crippen LogP contribution >= 0.6 is 0 Å². The van der Waals surface area contributed by atoms with Crippen molar-refractivity contribution in [2.45, 2.75) is 26.2 Å². The number of aromatic nitrogens is 1. The van der Waals surface area contributed by atoms with E-state index in [4.69, 9.17) is 0 Å². The molecular weight excluding hydrogens is 202 g/mol. The molecule has 1 heterocycles. The van der Waals surface area contributed by atoms with Gasteiger partial charge in [0.05, 0.1) is 6.61 Å². The van der Waals surface area contributed by atoms with Crippen LogP contribution in [0.2, 0.25) is 0 Å². The number of aliphatic hydroxyl groups excluding tert-OH is 1. The molecule has 16 heavy (non-hydrogen) atoms. The van der Waals surface area contributed by atoms with Crippen molar-refractivity contribution < 1.29 is 10.2 Å². The number of phenols is 1. The molecule has 0 saturated heterocycles. The van der Waals surface area contributed by atoms with Crippen LogP contribution in [0.5, 0.6) is 5.75 Å². The fourth-order valence-corrected chi connectivity index (χ4v) is 1.96. The molecule has 0 saturated carbocycles. The van der Waals surface area contributed by atoms with Crippen molar-refractivity contribution in [3.05, 3.63) is 29.5 Å². The van der Waals surface area contributed by atoms with E-state index in [2.05, 4.69) is 4.98 Å². The van der Waals surface area contributed by atoms with Crippen molar-refractivity contribution in [2.75, 3.05) is 6.61 Å². The van der Waals surface area contributed by atoms with Gasteiger partial charge < -0.3 is 15.2 Å². The van der Waals surface area contributed by atoms with E-state index in [9.17, 15) is 10.2 Å². The fraction of sp³-hybridized carbons (Fsp3) is 0.385. The van der Waals surface area contributed by atoms with Crippen molar-refractivity contribution in [1.29, 1.82) is 0 Å². The van der Waals surface area contributed by atoms with Gasteiger partial charge in [0, 0.05) is 27.6 Å². The van der Waals surface area contributed by atoms with Crippen LogP contribution in [0.25, 0.3) is 10.9 Å². The Morgan fingerprint density at radius 1 is 1.31 bits per heavy atom. The molecule has 0 radical (unpaired) electrons. The molecule has 0 bridgehead atoms. The minimum absolute atomic E-state index is 0.00940. The van der Waals surface area contributed by atoms with E-state index in [1.807, 2.05) is 39.0 Å². The third-order valence-electron chi connectivity index (χ3n) is 3.03. The van der Waals surface area contributed by atoms with Gasteiger partial charge in [-0.05, 0) is 19.1 Å². The van der Waals surface area contributed by atoms with Gasteiger partial charge in [0.2, 0.25) is 0 Å². The quantitative estimate of drug-likeness (QED) is 0.726. The van der Waals surface area contributed by atoms with E-state index in [0.717, 1.165) is 22.2 Å². The van der Waals surface area contributed by atoms with Gasteiger partial charge in [0.1, 0.15) is 5.75 Å². The lowest BCUT2D eigenvalue weighted by molar-refractivity contribution is 0.215. The first-order chi connectivity index (χ1) is 7.45. The number of aromatic hydroxyl groups is 1. The summed E-state index contributed by atoms with van der Waals surface area (Å²) in [7, 11) is 0. The first-order valence-corrected chi connectivity index (χ1v) is 5.38. The summed E-state index contributed by atoms with van der Waals surface area (Å²) in [6, 6.07) is 5.72. The van der Waals surface area contributed by atoms with Crippen molar-refractivity contribution in [2.24, 2.45) is 0 Å². The minimum Gasteiger partial charge on any atom is -0.507 e. The van der Waals surface area contributed by atoms with Gasteiger partial charge in [-0.25, -0.2) is 0 Å². The van der Waals surface area contributed by atoms with Crippen molar-refractivity contribution in [3.8, 4) is 5.75 Å². The van der Waals surface area contributed by atoms with Crippen molar-refractivity contribution in [1.82, 2.24) is 4.98 Å². The van der Waals surface area contributed by atoms with Gasteiger partial charge in [-0.3, -0.25) is 0 Å². The maximum Gasteiger partial charge on any atom is 0.128 e. The molecule has 2 rings (SSSR count). The zero-order valence-electron chi connectivity index (χ0n) is 9.83. The molecule has 0 aliphatic heterocycles. The Hall–Kier alpha value is -1.48. The number of benzene rings is 1. The van der Waals surface area contributed by atoms with Crippen molar-refractivity contribution >= 4 is 10.9 Å². The molecule has 0 aliphatic rings. The predicted octanol–water partition coefficient (Wildman–Crippen LogP) is 2.45. The molecule has 0 unspecified atom stereocenters. The van der Waals surface area contributed by atoms with Gasteiger partial charge in [0.15, 0.2) is 0 Å². The highest BCUT2D eigenvalue weighted by Crippen LogP contribution is 2.36. The Morgan fingerprint density at radius 3 is 2.62 bits per heavy atom. The number of rotatable bonds is 2. The van der Waals surface area contributed by atoms with Crippen LogP contribution in [0, 0.1) is 6.92 Å². The summed E-state index contributed by atoms with van der Waals surface area (Å²) in [6.07, 6.45) is 0. The Kier molecular flexibility index (Phi) is 2.43. The van der Waals surface area contributed by atoms with E-state index >= 15 is 0 Å². The number of aliphatic hydroxyl groups is 1. The lowest BCUT2D eigenvalue weighted by atomic mass is 9.84. The van der Waals surface area contributed by atoms with Crippen LogP contribution < -0.4 is 0 Å². The zero-order chi connectivity index (χ0) is 11.9. The molecule has 0 amide bonds. The topological polar surface area (TPSA) is 56.2 Å². The molecule has 1 aromatic carbocycles. The summed E-state index contributed by atoms with van der Waals surface area (Å²) in [4.78, 5) is 3.17. The number of hydrogen-bond acceptors (Lipinski definition) is 2. The van der Waals surface area contributed by atoms with Gasteiger partial charge >= 0.3 is 0 Å². The smallest absolute Gasteiger partial charge is 0.128 e. The average molecular weight is 219 g/mol. The number of hydrogen-bond donors (Lipinski definition) is 3. The number of nitrogens with one attached hydrogen (secondary N) is 1. The van der Waals surface area contributed by atoms with E-state index in [-0.39, 0.29) is 12.4 Å². The highest BCUT2D eigenvalue weighted by atomic mass is 16.3. The van der Waals surface area contributed by atoms with Gasteiger partial charge in [-0.2, -0.15) is 0 Å². The van der Waals surface area contributed by atoms with Gasteiger partial charge in [-0.1, -0.05) is 19.9 Å². The molecule has 3 heteroatoms. The normalized spacial score (nSPS) is 12.2. The average Bonchev–Trinajstić information content (AvgIpc) is 2.60. The van der Waals surface area contributed by atoms with E-state index in [1.54, 1.807) is 0 Å². The van der Waals surface area contributed by atoms with Gasteiger partial charge in [0.25, 0.3) is 0 Å². The molecule has 3 nitrogen and oxygen atoms in total. The largest absolute Gasteiger partial charge is 0.507 e. The second-order valence-corrected chi connectivity index (χ2v) is 4.92. The molecule has 3 N–H and O–H groups in total. The molecule has 2 aromatic rings. The lowest BCUT2D eigenvalue weighted by Crippen LogP contribution is -2.22. The summed E-state index contributed by atoms with van der Waals surface area (Å²) in [5.74, 6) is 0.265. The minimum atomic E-state index is -0.427. The number of phenolic OH excluding ortho intramolecular Hbond substituents is 1. The van der Waals surface area contributed by atoms with Crippen LogP contribution in [-0.2, 0) is 5.41 Å². The summed E-state index contributed by atoms with van der Waals surface area (Å²) in [5, 5.41) is 20.3. The molecule has 0 fully saturated rings. The highest BCUT2D eigenvalue weighted by molar-refractivity contribution is 5.88. The second kappa shape index (κ2) is 3.52. The summed E-state index contributed by atoms with van der Waals surface area (Å²) in [5.41, 5.74) is 2.29. The Balaban J connectivity index is 2.69. The Morgan fingerprint density at radius 2 is 2.00 bits per heavy atom. The Labute approximate surface area is 94.7 Å². The van der Waals surface area contributed by atoms with E-state index < -0.39 is 5.41 Å². The predicted molar refractivity (Wildman–Crippen MR) is 64.8 cm³/mol. The van der Waals surface area contributed by atoms with Crippen LogP contribution in [0.4, 0.5) is 0 Å². The first-order valence-electron chi connectivity index (χ1n) is 5.38. The maximum atomic E-state index is 10.2. The van der Waals surface area contributed by atoms with Gasteiger partial charge in [-0.15, -0.1) is 0 Å². The number of fused-ring (bicyclic) bond motifs is 1. The van der Waals surface area contributed by atoms with E-state index in [1.165, 1.54) is 0 Å². The molecular formula is C13H17NO2. The summed E-state index contributed by atoms with van der Waals surface area (Å²) >= 11 is 0. The number of aromatic amines is 1. The standard InChI is InChI=1S/C13H17NO2/c1-8-6-9-11(14-8)5-4-10(12(9)16)13(2,3)7-15/h4-6,14-16H,7H2,1-3H3. The summed E-state index contributed by atoms with van der Waals surface area (Å²) < 4.78 is 0. The monoisotopic (exact) mass is 219 g/mol. The first kappa shape index (κ1) is 11.0. The fourth-order valence-electron chi connectivity index (χ4n) is 1.96. The molecule has 0 spiro atoms. The Bertz CT molecular complexity index is 526. The summed E-state index contributed by atoms with van der Waals surface area (Å²) in [6.45, 7) is 5.78. The van der Waals surface area contributed by atoms with E-state index in [0.29, 0.717) is 0 Å². The molecule has 86 valence electrons. The second-order valence-electron chi connectivity index (χ2n) is 4.92. The van der Waals surface area contributed by atoms with Crippen LogP contribution in [0.15, 0.2) is 18.2 Å². The SMILES string of the molecule is Cc1cc2c(O)c(C(C)(C)CO)ccc2[nH]1. The lowest BCUT2D eigenvalue weighted by Gasteiger charge is -2.23. The molecule has 0 aliphatic carbocycles. The number of H-pyrrole nitrogens is 1. The molecule has 1 aromatic heterocycles. The van der Waals surface area contributed by atoms with Crippen molar-refractivity contribution in [3.63, 3.8) is 0 Å². The third-order valence-corrected chi connectivity index (χ3v) is 3.03. The van der Waals surface area contributed by atoms with Crippen LogP contribution in [0.1, 0.15) is 25.1 Å². The van der Waals surface area contributed by atoms with Crippen LogP contribution in [0.3, 0.4) is 0 Å². The highest BCUT2D eigenvalue weighted by Gasteiger charge is 2.24. The maximum absolute atomic E-state index is 10.2.